The van der Waals surface area contributed by atoms with Gasteiger partial charge in [-0.15, -0.1) is 0 Å². The van der Waals surface area contributed by atoms with E-state index >= 15 is 0 Å². The first-order chi connectivity index (χ1) is 10.8. The van der Waals surface area contributed by atoms with E-state index in [0.717, 1.165) is 17.7 Å². The van der Waals surface area contributed by atoms with Gasteiger partial charge in [-0.2, -0.15) is 18.3 Å². The molecule has 122 valence electrons. The van der Waals surface area contributed by atoms with Gasteiger partial charge in [-0.05, 0) is 17.2 Å². The van der Waals surface area contributed by atoms with Crippen LogP contribution in [0.2, 0.25) is 0 Å². The molecule has 0 radical (unpaired) electrons. The molecule has 0 saturated heterocycles. The molecule has 1 aromatic heterocycles. The number of aromatic nitrogens is 2. The lowest BCUT2D eigenvalue weighted by Crippen LogP contribution is -2.08. The standard InChI is InChI=1S/C16H15F3N2O2/c1-21-7-10(6-20-21)14-13(15(14)12(23)8-22)9-3-2-4-11(5-9)16(17,18)19/h2-7,13-15,22H,8H2,1H3/t13-,14-,15-/m1/s1. The second-order valence-corrected chi connectivity index (χ2v) is 5.77. The van der Waals surface area contributed by atoms with E-state index in [9.17, 15) is 18.0 Å². The fraction of sp³-hybridized carbons (Fsp3) is 0.375. The number of halogens is 3. The van der Waals surface area contributed by atoms with Crippen LogP contribution in [0.4, 0.5) is 13.2 Å². The second-order valence-electron chi connectivity index (χ2n) is 5.77. The molecule has 0 amide bonds. The quantitative estimate of drug-likeness (QED) is 0.940. The third kappa shape index (κ3) is 2.88. The number of aryl methyl sites for hydroxylation is 1. The van der Waals surface area contributed by atoms with Crippen molar-refractivity contribution in [2.24, 2.45) is 13.0 Å². The summed E-state index contributed by atoms with van der Waals surface area (Å²) in [7, 11) is 1.73. The van der Waals surface area contributed by atoms with Gasteiger partial charge >= 0.3 is 6.18 Å². The van der Waals surface area contributed by atoms with Crippen molar-refractivity contribution in [1.29, 1.82) is 0 Å². The summed E-state index contributed by atoms with van der Waals surface area (Å²) in [5.74, 6) is -1.47. The zero-order valence-corrected chi connectivity index (χ0v) is 12.3. The average molecular weight is 324 g/mol. The molecular weight excluding hydrogens is 309 g/mol. The van der Waals surface area contributed by atoms with Gasteiger partial charge in [0.2, 0.25) is 0 Å². The molecule has 7 heteroatoms. The van der Waals surface area contributed by atoms with E-state index in [-0.39, 0.29) is 17.6 Å². The summed E-state index contributed by atoms with van der Waals surface area (Å²) in [5.41, 5.74) is 0.518. The number of Topliss-reactive ketones (excluding diaryl/α,β-unsaturated/α-hetero) is 1. The van der Waals surface area contributed by atoms with Gasteiger partial charge in [0.15, 0.2) is 5.78 Å². The summed E-state index contributed by atoms with van der Waals surface area (Å²) in [6.07, 6.45) is -1.07. The molecule has 1 heterocycles. The second kappa shape index (κ2) is 5.49. The van der Waals surface area contributed by atoms with E-state index < -0.39 is 24.3 Å². The number of hydrogen-bond acceptors (Lipinski definition) is 3. The Bertz CT molecular complexity index is 739. The molecule has 4 nitrogen and oxygen atoms in total. The maximum atomic E-state index is 12.9. The molecule has 1 aliphatic carbocycles. The Balaban J connectivity index is 1.95. The van der Waals surface area contributed by atoms with E-state index in [0.29, 0.717) is 5.56 Å². The lowest BCUT2D eigenvalue weighted by Gasteiger charge is -2.08. The van der Waals surface area contributed by atoms with Crippen molar-refractivity contribution in [3.05, 3.63) is 53.3 Å². The topological polar surface area (TPSA) is 55.1 Å². The smallest absolute Gasteiger partial charge is 0.389 e. The summed E-state index contributed by atoms with van der Waals surface area (Å²) >= 11 is 0. The molecule has 23 heavy (non-hydrogen) atoms. The molecular formula is C16H15F3N2O2. The van der Waals surface area contributed by atoms with Gasteiger partial charge in [0.05, 0.1) is 11.8 Å². The minimum Gasteiger partial charge on any atom is -0.389 e. The molecule has 3 atom stereocenters. The van der Waals surface area contributed by atoms with Crippen LogP contribution in [-0.2, 0) is 18.0 Å². The predicted octanol–water partition coefficient (Wildman–Crippen LogP) is 2.50. The van der Waals surface area contributed by atoms with Crippen LogP contribution in [0.3, 0.4) is 0 Å². The number of hydrogen-bond donors (Lipinski definition) is 1. The predicted molar refractivity (Wildman–Crippen MR) is 75.7 cm³/mol. The summed E-state index contributed by atoms with van der Waals surface area (Å²) in [6, 6.07) is 5.03. The van der Waals surface area contributed by atoms with Crippen LogP contribution in [0.1, 0.15) is 28.5 Å². The number of aliphatic hydroxyl groups is 1. The van der Waals surface area contributed by atoms with Crippen LogP contribution in [-0.4, -0.2) is 27.3 Å². The van der Waals surface area contributed by atoms with Crippen LogP contribution in [0.25, 0.3) is 0 Å². The number of carbonyl (C=O) groups excluding carboxylic acids is 1. The Labute approximate surface area is 130 Å². The van der Waals surface area contributed by atoms with Gasteiger partial charge in [-0.25, -0.2) is 0 Å². The number of nitrogens with zero attached hydrogens (tertiary/aromatic N) is 2. The Kier molecular flexibility index (Phi) is 3.75. The van der Waals surface area contributed by atoms with Crippen molar-refractivity contribution in [3.8, 4) is 0 Å². The fourth-order valence-corrected chi connectivity index (χ4v) is 3.18. The lowest BCUT2D eigenvalue weighted by atomic mass is 10.0. The summed E-state index contributed by atoms with van der Waals surface area (Å²) < 4.78 is 40.2. The van der Waals surface area contributed by atoms with E-state index in [1.165, 1.54) is 6.07 Å². The highest BCUT2D eigenvalue weighted by molar-refractivity contribution is 5.88. The highest BCUT2D eigenvalue weighted by Gasteiger charge is 2.56. The third-order valence-corrected chi connectivity index (χ3v) is 4.26. The minimum absolute atomic E-state index is 0.244. The minimum atomic E-state index is -4.43. The van der Waals surface area contributed by atoms with Crippen molar-refractivity contribution < 1.29 is 23.1 Å². The Morgan fingerprint density at radius 1 is 1.30 bits per heavy atom. The van der Waals surface area contributed by atoms with Crippen LogP contribution < -0.4 is 0 Å². The molecule has 1 saturated carbocycles. The fourth-order valence-electron chi connectivity index (χ4n) is 3.18. The number of ketones is 1. The van der Waals surface area contributed by atoms with Crippen molar-refractivity contribution in [2.75, 3.05) is 6.61 Å². The maximum Gasteiger partial charge on any atom is 0.416 e. The Morgan fingerprint density at radius 2 is 2.00 bits per heavy atom. The zero-order valence-electron chi connectivity index (χ0n) is 12.3. The van der Waals surface area contributed by atoms with E-state index in [1.54, 1.807) is 30.2 Å². The summed E-state index contributed by atoms with van der Waals surface area (Å²) in [4.78, 5) is 11.9. The van der Waals surface area contributed by atoms with Crippen LogP contribution in [0, 0.1) is 5.92 Å². The highest BCUT2D eigenvalue weighted by atomic mass is 19.4. The summed E-state index contributed by atoms with van der Waals surface area (Å²) in [5, 5.41) is 13.2. The number of carbonyl (C=O) groups is 1. The van der Waals surface area contributed by atoms with Gasteiger partial charge < -0.3 is 5.11 Å². The first kappa shape index (κ1) is 15.7. The Morgan fingerprint density at radius 3 is 2.57 bits per heavy atom. The van der Waals surface area contributed by atoms with E-state index in [1.807, 2.05) is 0 Å². The van der Waals surface area contributed by atoms with E-state index in [2.05, 4.69) is 5.10 Å². The maximum absolute atomic E-state index is 12.9. The Hall–Kier alpha value is -2.15. The van der Waals surface area contributed by atoms with Gasteiger partial charge in [-0.1, -0.05) is 18.2 Å². The molecule has 0 spiro atoms. The molecule has 1 aromatic carbocycles. The molecule has 1 fully saturated rings. The molecule has 1 N–H and O–H groups in total. The van der Waals surface area contributed by atoms with Crippen molar-refractivity contribution in [1.82, 2.24) is 9.78 Å². The normalized spacial score (nSPS) is 23.8. The third-order valence-electron chi connectivity index (χ3n) is 4.26. The van der Waals surface area contributed by atoms with Gasteiger partial charge in [0, 0.05) is 31.0 Å². The monoisotopic (exact) mass is 324 g/mol. The van der Waals surface area contributed by atoms with Gasteiger partial charge in [0.25, 0.3) is 0 Å². The number of alkyl halides is 3. The largest absolute Gasteiger partial charge is 0.416 e. The van der Waals surface area contributed by atoms with Crippen molar-refractivity contribution in [2.45, 2.75) is 18.0 Å². The molecule has 0 bridgehead atoms. The first-order valence-electron chi connectivity index (χ1n) is 7.12. The molecule has 3 rings (SSSR count). The first-order valence-corrected chi connectivity index (χ1v) is 7.12. The lowest BCUT2D eigenvalue weighted by molar-refractivity contribution is -0.137. The van der Waals surface area contributed by atoms with Crippen LogP contribution in [0.5, 0.6) is 0 Å². The summed E-state index contributed by atoms with van der Waals surface area (Å²) in [6.45, 7) is -0.614. The number of rotatable bonds is 4. The van der Waals surface area contributed by atoms with Crippen molar-refractivity contribution >= 4 is 5.78 Å². The van der Waals surface area contributed by atoms with Crippen LogP contribution in [0.15, 0.2) is 36.7 Å². The SMILES string of the molecule is Cn1cc([C@H]2[C@H](C(=O)CO)[C@@H]2c2cccc(C(F)(F)F)c2)cn1. The molecule has 0 aliphatic heterocycles. The van der Waals surface area contributed by atoms with E-state index in [4.69, 9.17) is 5.11 Å². The zero-order chi connectivity index (χ0) is 16.8. The average Bonchev–Trinajstić information content (AvgIpc) is 3.12. The van der Waals surface area contributed by atoms with Crippen molar-refractivity contribution in [3.63, 3.8) is 0 Å². The number of benzene rings is 1. The number of aliphatic hydroxyl groups excluding tert-OH is 1. The molecule has 0 unspecified atom stereocenters. The molecule has 2 aromatic rings. The molecule has 1 aliphatic rings. The van der Waals surface area contributed by atoms with Crippen LogP contribution >= 0.6 is 0 Å². The van der Waals surface area contributed by atoms with Gasteiger partial charge in [-0.3, -0.25) is 9.48 Å². The van der Waals surface area contributed by atoms with Gasteiger partial charge in [0.1, 0.15) is 6.61 Å². The highest BCUT2D eigenvalue weighted by Crippen LogP contribution is 2.61.